The van der Waals surface area contributed by atoms with Gasteiger partial charge >= 0.3 is 5.97 Å². The average molecular weight is 283 g/mol. The number of hydrogen-bond donors (Lipinski definition) is 2. The van der Waals surface area contributed by atoms with Gasteiger partial charge in [-0.3, -0.25) is 9.59 Å². The minimum absolute atomic E-state index is 0.00492. The first-order valence-electron chi connectivity index (χ1n) is 5.93. The molecule has 0 saturated heterocycles. The number of halogens is 1. The Morgan fingerprint density at radius 2 is 1.90 bits per heavy atom. The molecular formula is C13H14FNO5. The largest absolute Gasteiger partial charge is 0.494 e. The number of ether oxygens (including phenoxy) is 2. The molecule has 2 rings (SSSR count). The molecule has 1 saturated carbocycles. The molecule has 2 N–H and O–H groups in total. The average Bonchev–Trinajstić information content (AvgIpc) is 3.19. The van der Waals surface area contributed by atoms with Crippen molar-refractivity contribution in [3.05, 3.63) is 17.9 Å². The van der Waals surface area contributed by atoms with E-state index in [1.807, 2.05) is 0 Å². The SMILES string of the molecule is COc1cc(OC)c(NC(=O)C2CC2C(=O)O)cc1F. The number of benzene rings is 1. The van der Waals surface area contributed by atoms with Gasteiger partial charge in [-0.2, -0.15) is 0 Å². The van der Waals surface area contributed by atoms with Gasteiger partial charge in [0.25, 0.3) is 0 Å². The molecule has 2 atom stereocenters. The van der Waals surface area contributed by atoms with E-state index in [9.17, 15) is 14.0 Å². The maximum absolute atomic E-state index is 13.6. The quantitative estimate of drug-likeness (QED) is 0.855. The molecule has 0 bridgehead atoms. The third-order valence-electron chi connectivity index (χ3n) is 3.18. The Balaban J connectivity index is 2.15. The Hall–Kier alpha value is -2.31. The highest BCUT2D eigenvalue weighted by Gasteiger charge is 2.48. The Morgan fingerprint density at radius 3 is 2.40 bits per heavy atom. The lowest BCUT2D eigenvalue weighted by molar-refractivity contribution is -0.139. The zero-order valence-corrected chi connectivity index (χ0v) is 11.0. The molecular weight excluding hydrogens is 269 g/mol. The van der Waals surface area contributed by atoms with Crippen molar-refractivity contribution in [3.63, 3.8) is 0 Å². The summed E-state index contributed by atoms with van der Waals surface area (Å²) in [5, 5.41) is 11.2. The normalized spacial score (nSPS) is 20.1. The summed E-state index contributed by atoms with van der Waals surface area (Å²) in [7, 11) is 2.69. The van der Waals surface area contributed by atoms with Crippen molar-refractivity contribution in [2.75, 3.05) is 19.5 Å². The topological polar surface area (TPSA) is 84.9 Å². The number of aliphatic carboxylic acids is 1. The molecule has 1 aliphatic carbocycles. The molecule has 1 aromatic carbocycles. The molecule has 7 heteroatoms. The number of hydrogen-bond acceptors (Lipinski definition) is 4. The molecule has 1 amide bonds. The summed E-state index contributed by atoms with van der Waals surface area (Å²) >= 11 is 0. The zero-order chi connectivity index (χ0) is 14.9. The van der Waals surface area contributed by atoms with Crippen LogP contribution >= 0.6 is 0 Å². The summed E-state index contributed by atoms with van der Waals surface area (Å²) in [5.74, 6) is -3.11. The first-order valence-corrected chi connectivity index (χ1v) is 5.93. The molecule has 6 nitrogen and oxygen atoms in total. The molecule has 0 spiro atoms. The summed E-state index contributed by atoms with van der Waals surface area (Å²) in [6.07, 6.45) is 0.294. The molecule has 108 valence electrons. The molecule has 1 aromatic rings. The van der Waals surface area contributed by atoms with E-state index in [0.29, 0.717) is 6.42 Å². The molecule has 0 aromatic heterocycles. The molecule has 0 heterocycles. The van der Waals surface area contributed by atoms with E-state index in [0.717, 1.165) is 6.07 Å². The smallest absolute Gasteiger partial charge is 0.307 e. The van der Waals surface area contributed by atoms with Gasteiger partial charge < -0.3 is 19.9 Å². The van der Waals surface area contributed by atoms with Crippen molar-refractivity contribution in [3.8, 4) is 11.5 Å². The second-order valence-corrected chi connectivity index (χ2v) is 4.46. The van der Waals surface area contributed by atoms with E-state index in [2.05, 4.69) is 5.32 Å². The van der Waals surface area contributed by atoms with E-state index < -0.39 is 29.5 Å². The van der Waals surface area contributed by atoms with Crippen LogP contribution in [0.2, 0.25) is 0 Å². The maximum atomic E-state index is 13.6. The van der Waals surface area contributed by atoms with E-state index in [1.165, 1.54) is 20.3 Å². The third-order valence-corrected chi connectivity index (χ3v) is 3.18. The van der Waals surface area contributed by atoms with Gasteiger partial charge in [0.05, 0.1) is 31.7 Å². The fourth-order valence-corrected chi connectivity index (χ4v) is 1.94. The third kappa shape index (κ3) is 2.66. The van der Waals surface area contributed by atoms with Gasteiger partial charge in [0.2, 0.25) is 5.91 Å². The number of anilines is 1. The predicted octanol–water partition coefficient (Wildman–Crippen LogP) is 1.50. The lowest BCUT2D eigenvalue weighted by atomic mass is 10.2. The van der Waals surface area contributed by atoms with Crippen molar-refractivity contribution in [2.24, 2.45) is 11.8 Å². The minimum Gasteiger partial charge on any atom is -0.494 e. The molecule has 20 heavy (non-hydrogen) atoms. The van der Waals surface area contributed by atoms with Crippen molar-refractivity contribution in [2.45, 2.75) is 6.42 Å². The first-order chi connectivity index (χ1) is 9.47. The second-order valence-electron chi connectivity index (χ2n) is 4.46. The monoisotopic (exact) mass is 283 g/mol. The summed E-state index contributed by atoms with van der Waals surface area (Å²) in [4.78, 5) is 22.5. The molecule has 0 radical (unpaired) electrons. The minimum atomic E-state index is -1.00. The van der Waals surface area contributed by atoms with Gasteiger partial charge in [-0.15, -0.1) is 0 Å². The highest BCUT2D eigenvalue weighted by molar-refractivity contribution is 5.99. The van der Waals surface area contributed by atoms with Crippen molar-refractivity contribution >= 4 is 17.6 Å². The number of carboxylic acids is 1. The van der Waals surface area contributed by atoms with Crippen molar-refractivity contribution in [1.29, 1.82) is 0 Å². The molecule has 1 fully saturated rings. The van der Waals surface area contributed by atoms with Gasteiger partial charge in [0, 0.05) is 12.1 Å². The van der Waals surface area contributed by atoms with E-state index in [-0.39, 0.29) is 17.2 Å². The highest BCUT2D eigenvalue weighted by Crippen LogP contribution is 2.40. The summed E-state index contributed by atoms with van der Waals surface area (Å²) in [5.41, 5.74) is 0.145. The van der Waals surface area contributed by atoms with Gasteiger partial charge in [-0.1, -0.05) is 0 Å². The van der Waals surface area contributed by atoms with Crippen molar-refractivity contribution < 1.29 is 28.6 Å². The number of methoxy groups -OCH3 is 2. The Bertz CT molecular complexity index is 560. The summed E-state index contributed by atoms with van der Waals surface area (Å²) < 4.78 is 23.5. The lowest BCUT2D eigenvalue weighted by Gasteiger charge is -2.12. The van der Waals surface area contributed by atoms with Gasteiger partial charge in [0.1, 0.15) is 5.75 Å². The van der Waals surface area contributed by atoms with E-state index in [4.69, 9.17) is 14.6 Å². The van der Waals surface area contributed by atoms with Crippen LogP contribution in [-0.2, 0) is 9.59 Å². The highest BCUT2D eigenvalue weighted by atomic mass is 19.1. The first kappa shape index (κ1) is 14.1. The Kier molecular flexibility index (Phi) is 3.78. The predicted molar refractivity (Wildman–Crippen MR) is 67.4 cm³/mol. The van der Waals surface area contributed by atoms with Crippen LogP contribution in [0.15, 0.2) is 12.1 Å². The van der Waals surface area contributed by atoms with Crippen LogP contribution in [0.5, 0.6) is 11.5 Å². The lowest BCUT2D eigenvalue weighted by Crippen LogP contribution is -2.17. The Labute approximate surface area is 114 Å². The van der Waals surface area contributed by atoms with Crippen LogP contribution in [0.4, 0.5) is 10.1 Å². The van der Waals surface area contributed by atoms with Crippen LogP contribution in [-0.4, -0.2) is 31.2 Å². The number of carboxylic acid groups (broad SMARTS) is 1. The fourth-order valence-electron chi connectivity index (χ4n) is 1.94. The standard InChI is InChI=1S/C13H14FNO5/c1-19-10-5-11(20-2)9(4-8(10)14)15-12(16)6-3-7(6)13(17)18/h4-7H,3H2,1-2H3,(H,15,16)(H,17,18). The number of carbonyl (C=O) groups is 2. The molecule has 1 aliphatic rings. The summed E-state index contributed by atoms with van der Waals surface area (Å²) in [6.45, 7) is 0. The zero-order valence-electron chi connectivity index (χ0n) is 11.0. The number of rotatable bonds is 5. The van der Waals surface area contributed by atoms with Crippen LogP contribution in [0.1, 0.15) is 6.42 Å². The maximum Gasteiger partial charge on any atom is 0.307 e. The number of nitrogens with one attached hydrogen (secondary N) is 1. The van der Waals surface area contributed by atoms with Gasteiger partial charge in [-0.05, 0) is 6.42 Å². The number of amides is 1. The van der Waals surface area contributed by atoms with Crippen molar-refractivity contribution in [1.82, 2.24) is 0 Å². The van der Waals surface area contributed by atoms with Crippen LogP contribution < -0.4 is 14.8 Å². The van der Waals surface area contributed by atoms with Gasteiger partial charge in [-0.25, -0.2) is 4.39 Å². The van der Waals surface area contributed by atoms with E-state index in [1.54, 1.807) is 0 Å². The summed E-state index contributed by atoms with van der Waals surface area (Å²) in [6, 6.07) is 2.39. The fraction of sp³-hybridized carbons (Fsp3) is 0.385. The molecule has 0 aliphatic heterocycles. The van der Waals surface area contributed by atoms with Crippen LogP contribution in [0.3, 0.4) is 0 Å². The van der Waals surface area contributed by atoms with Crippen LogP contribution in [0, 0.1) is 17.7 Å². The number of carbonyl (C=O) groups excluding carboxylic acids is 1. The van der Waals surface area contributed by atoms with E-state index >= 15 is 0 Å². The second kappa shape index (κ2) is 5.36. The van der Waals surface area contributed by atoms with Crippen LogP contribution in [0.25, 0.3) is 0 Å². The van der Waals surface area contributed by atoms with Gasteiger partial charge in [0.15, 0.2) is 11.6 Å². The molecule has 2 unspecified atom stereocenters. The Morgan fingerprint density at radius 1 is 1.25 bits per heavy atom.